The van der Waals surface area contributed by atoms with Crippen LogP contribution in [0.1, 0.15) is 27.2 Å². The summed E-state index contributed by atoms with van der Waals surface area (Å²) >= 11 is 0. The SMILES string of the molecule is COC(=O)[C@@H]1C[C@H](S(=O)(=O)Cl)CN1C(=O)OC(C)(C)C. The number of carbonyl (C=O) groups excluding carboxylic acids is 2. The number of carbonyl (C=O) groups is 2. The molecule has 1 aliphatic rings. The minimum atomic E-state index is -3.87. The number of nitrogens with zero attached hydrogens (tertiary/aromatic N) is 1. The molecule has 0 unspecified atom stereocenters. The zero-order valence-corrected chi connectivity index (χ0v) is 13.3. The van der Waals surface area contributed by atoms with Crippen molar-refractivity contribution < 1.29 is 27.5 Å². The van der Waals surface area contributed by atoms with Gasteiger partial charge in [0, 0.05) is 17.2 Å². The van der Waals surface area contributed by atoms with Crippen molar-refractivity contribution in [1.82, 2.24) is 4.90 Å². The van der Waals surface area contributed by atoms with Gasteiger partial charge < -0.3 is 9.47 Å². The molecule has 1 fully saturated rings. The van der Waals surface area contributed by atoms with E-state index in [-0.39, 0.29) is 13.0 Å². The van der Waals surface area contributed by atoms with Gasteiger partial charge in [-0.15, -0.1) is 0 Å². The fourth-order valence-corrected chi connectivity index (χ4v) is 3.02. The first-order chi connectivity index (χ1) is 8.95. The van der Waals surface area contributed by atoms with E-state index in [1.165, 1.54) is 0 Å². The fourth-order valence-electron chi connectivity index (χ4n) is 1.88. The molecule has 1 saturated heterocycles. The van der Waals surface area contributed by atoms with Crippen molar-refractivity contribution in [3.63, 3.8) is 0 Å². The van der Waals surface area contributed by atoms with E-state index < -0.39 is 38.0 Å². The molecule has 0 aromatic carbocycles. The van der Waals surface area contributed by atoms with Gasteiger partial charge in [0.1, 0.15) is 11.6 Å². The maximum Gasteiger partial charge on any atom is 0.411 e. The molecule has 0 N–H and O–H groups in total. The van der Waals surface area contributed by atoms with Crippen LogP contribution in [0.15, 0.2) is 0 Å². The van der Waals surface area contributed by atoms with Crippen LogP contribution in [0.3, 0.4) is 0 Å². The highest BCUT2D eigenvalue weighted by molar-refractivity contribution is 8.14. The smallest absolute Gasteiger partial charge is 0.411 e. The summed E-state index contributed by atoms with van der Waals surface area (Å²) in [5, 5.41) is -1.01. The molecular formula is C11H18ClNO6S. The van der Waals surface area contributed by atoms with Gasteiger partial charge in [0.25, 0.3) is 0 Å². The fraction of sp³-hybridized carbons (Fsp3) is 0.818. The number of hydrogen-bond acceptors (Lipinski definition) is 6. The van der Waals surface area contributed by atoms with E-state index in [0.717, 1.165) is 12.0 Å². The lowest BCUT2D eigenvalue weighted by atomic mass is 10.2. The Morgan fingerprint density at radius 2 is 1.85 bits per heavy atom. The highest BCUT2D eigenvalue weighted by Gasteiger charge is 2.46. The summed E-state index contributed by atoms with van der Waals surface area (Å²) < 4.78 is 32.5. The minimum Gasteiger partial charge on any atom is -0.467 e. The van der Waals surface area contributed by atoms with E-state index in [2.05, 4.69) is 4.74 Å². The van der Waals surface area contributed by atoms with Crippen molar-refractivity contribution in [3.8, 4) is 0 Å². The third kappa shape index (κ3) is 4.24. The van der Waals surface area contributed by atoms with Crippen LogP contribution in [0.2, 0.25) is 0 Å². The van der Waals surface area contributed by atoms with Crippen molar-refractivity contribution in [3.05, 3.63) is 0 Å². The lowest BCUT2D eigenvalue weighted by Crippen LogP contribution is -2.44. The van der Waals surface area contributed by atoms with Crippen LogP contribution in [0.25, 0.3) is 0 Å². The topological polar surface area (TPSA) is 90.0 Å². The third-order valence-electron chi connectivity index (χ3n) is 2.76. The molecular weight excluding hydrogens is 310 g/mol. The van der Waals surface area contributed by atoms with Gasteiger partial charge in [-0.2, -0.15) is 0 Å². The van der Waals surface area contributed by atoms with Gasteiger partial charge in [0.2, 0.25) is 9.05 Å². The molecule has 0 aromatic rings. The monoisotopic (exact) mass is 327 g/mol. The van der Waals surface area contributed by atoms with Crippen molar-refractivity contribution in [2.24, 2.45) is 0 Å². The molecule has 20 heavy (non-hydrogen) atoms. The van der Waals surface area contributed by atoms with Crippen molar-refractivity contribution in [2.75, 3.05) is 13.7 Å². The van der Waals surface area contributed by atoms with Crippen LogP contribution >= 0.6 is 10.7 Å². The minimum absolute atomic E-state index is 0.0995. The van der Waals surface area contributed by atoms with E-state index in [4.69, 9.17) is 15.4 Å². The average Bonchev–Trinajstić information content (AvgIpc) is 2.69. The Balaban J connectivity index is 2.96. The number of likely N-dealkylation sites (tertiary alicyclic amines) is 1. The second kappa shape index (κ2) is 5.77. The molecule has 0 spiro atoms. The van der Waals surface area contributed by atoms with E-state index in [1.807, 2.05) is 0 Å². The normalized spacial score (nSPS) is 23.6. The molecule has 0 aromatic heterocycles. The number of halogens is 1. The highest BCUT2D eigenvalue weighted by Crippen LogP contribution is 2.28. The number of esters is 1. The first-order valence-electron chi connectivity index (χ1n) is 5.96. The second-order valence-corrected chi connectivity index (χ2v) is 8.41. The molecule has 0 bridgehead atoms. The molecule has 1 aliphatic heterocycles. The highest BCUT2D eigenvalue weighted by atomic mass is 35.7. The van der Waals surface area contributed by atoms with Crippen molar-refractivity contribution in [2.45, 2.75) is 44.1 Å². The van der Waals surface area contributed by atoms with Crippen molar-refractivity contribution in [1.29, 1.82) is 0 Å². The summed E-state index contributed by atoms with van der Waals surface area (Å²) in [6.07, 6.45) is -0.867. The second-order valence-electron chi connectivity index (χ2n) is 5.50. The van der Waals surface area contributed by atoms with Crippen LogP contribution in [0.5, 0.6) is 0 Å². The number of amides is 1. The van der Waals surface area contributed by atoms with Crippen LogP contribution in [0, 0.1) is 0 Å². The Morgan fingerprint density at radius 3 is 2.25 bits per heavy atom. The summed E-state index contributed by atoms with van der Waals surface area (Å²) in [4.78, 5) is 24.7. The Morgan fingerprint density at radius 1 is 1.30 bits per heavy atom. The quantitative estimate of drug-likeness (QED) is 0.557. The molecule has 116 valence electrons. The molecule has 9 heteroatoms. The zero-order valence-electron chi connectivity index (χ0n) is 11.8. The first-order valence-corrected chi connectivity index (χ1v) is 8.34. The molecule has 1 amide bonds. The van der Waals surface area contributed by atoms with Gasteiger partial charge in [0.05, 0.1) is 12.4 Å². The molecule has 1 heterocycles. The van der Waals surface area contributed by atoms with Crippen LogP contribution in [0.4, 0.5) is 4.79 Å². The van der Waals surface area contributed by atoms with E-state index in [1.54, 1.807) is 20.8 Å². The average molecular weight is 328 g/mol. The van der Waals surface area contributed by atoms with Gasteiger partial charge in [-0.3, -0.25) is 4.90 Å². The summed E-state index contributed by atoms with van der Waals surface area (Å²) in [6.45, 7) is 4.82. The Bertz CT molecular complexity index is 498. The van der Waals surface area contributed by atoms with Crippen molar-refractivity contribution >= 4 is 31.8 Å². The Hall–Kier alpha value is -1.02. The third-order valence-corrected chi connectivity index (χ3v) is 4.66. The van der Waals surface area contributed by atoms with E-state index in [0.29, 0.717) is 0 Å². The largest absolute Gasteiger partial charge is 0.467 e. The number of hydrogen-bond donors (Lipinski definition) is 0. The predicted molar refractivity (Wildman–Crippen MR) is 71.9 cm³/mol. The zero-order chi connectivity index (χ0) is 15.7. The molecule has 7 nitrogen and oxygen atoms in total. The standard InChI is InChI=1S/C11H18ClNO6S/c1-11(2,3)19-10(15)13-6-7(20(12,16)17)5-8(13)9(14)18-4/h7-8H,5-6H2,1-4H3/t7-,8-/m0/s1. The summed E-state index contributed by atoms with van der Waals surface area (Å²) in [7, 11) is 2.59. The maximum atomic E-state index is 12.0. The maximum absolute atomic E-state index is 12.0. The summed E-state index contributed by atoms with van der Waals surface area (Å²) in [5.74, 6) is -0.696. The molecule has 0 radical (unpaired) electrons. The number of methoxy groups -OCH3 is 1. The molecule has 1 rings (SSSR count). The molecule has 0 saturated carbocycles. The first kappa shape index (κ1) is 17.0. The van der Waals surface area contributed by atoms with Gasteiger partial charge in [-0.05, 0) is 27.2 Å². The summed E-state index contributed by atoms with van der Waals surface area (Å²) in [6, 6.07) is -1.01. The number of ether oxygens (including phenoxy) is 2. The predicted octanol–water partition coefficient (Wildman–Crippen LogP) is 1.11. The van der Waals surface area contributed by atoms with Crippen LogP contribution < -0.4 is 0 Å². The van der Waals surface area contributed by atoms with Gasteiger partial charge in [-0.25, -0.2) is 18.0 Å². The number of rotatable bonds is 2. The Labute approximate surface area is 122 Å². The van der Waals surface area contributed by atoms with Gasteiger partial charge in [-0.1, -0.05) is 0 Å². The molecule has 2 atom stereocenters. The van der Waals surface area contributed by atoms with Crippen LogP contribution in [-0.4, -0.2) is 55.9 Å². The van der Waals surface area contributed by atoms with E-state index >= 15 is 0 Å². The Kier molecular flexibility index (Phi) is 4.91. The van der Waals surface area contributed by atoms with Crippen LogP contribution in [-0.2, 0) is 23.3 Å². The summed E-state index contributed by atoms with van der Waals surface area (Å²) in [5.41, 5.74) is -0.754. The lowest BCUT2D eigenvalue weighted by Gasteiger charge is -2.27. The van der Waals surface area contributed by atoms with E-state index in [9.17, 15) is 18.0 Å². The molecule has 0 aliphatic carbocycles. The van der Waals surface area contributed by atoms with Gasteiger partial charge >= 0.3 is 12.1 Å². The van der Waals surface area contributed by atoms with Gasteiger partial charge in [0.15, 0.2) is 0 Å². The lowest BCUT2D eigenvalue weighted by molar-refractivity contribution is -0.145.